The molecule has 1 N–H and O–H groups in total. The van der Waals surface area contributed by atoms with Gasteiger partial charge >= 0.3 is 12.1 Å². The SMILES string of the molecule is COC(=O)c1ccc(-c2cc(O)cc(C(F)(F)F)c2)cc1. The van der Waals surface area contributed by atoms with Crippen LogP contribution in [0.25, 0.3) is 11.1 Å². The largest absolute Gasteiger partial charge is 0.508 e. The number of hydrogen-bond acceptors (Lipinski definition) is 3. The molecule has 21 heavy (non-hydrogen) atoms. The van der Waals surface area contributed by atoms with E-state index < -0.39 is 23.5 Å². The van der Waals surface area contributed by atoms with Gasteiger partial charge in [0.1, 0.15) is 5.75 Å². The number of ether oxygens (including phenoxy) is 1. The van der Waals surface area contributed by atoms with Crippen LogP contribution < -0.4 is 0 Å². The van der Waals surface area contributed by atoms with E-state index >= 15 is 0 Å². The number of aromatic hydroxyl groups is 1. The van der Waals surface area contributed by atoms with Crippen LogP contribution in [0.2, 0.25) is 0 Å². The highest BCUT2D eigenvalue weighted by Gasteiger charge is 2.31. The standard InChI is InChI=1S/C15H11F3O3/c1-21-14(20)10-4-2-9(3-5-10)11-6-12(15(16,17)18)8-13(19)7-11/h2-8,19H,1H3. The second-order valence-electron chi connectivity index (χ2n) is 4.34. The molecule has 0 bridgehead atoms. The number of phenolic OH excluding ortho intramolecular Hbond substituents is 1. The molecule has 0 aliphatic heterocycles. The molecule has 3 nitrogen and oxygen atoms in total. The lowest BCUT2D eigenvalue weighted by atomic mass is 10.0. The van der Waals surface area contributed by atoms with Crippen molar-refractivity contribution in [2.75, 3.05) is 7.11 Å². The lowest BCUT2D eigenvalue weighted by Gasteiger charge is -2.10. The molecule has 0 atom stereocenters. The van der Waals surface area contributed by atoms with Crippen molar-refractivity contribution in [3.05, 3.63) is 53.6 Å². The number of alkyl halides is 3. The minimum Gasteiger partial charge on any atom is -0.508 e. The summed E-state index contributed by atoms with van der Waals surface area (Å²) in [5.74, 6) is -1.01. The molecule has 2 rings (SSSR count). The molecule has 0 saturated carbocycles. The number of phenols is 1. The Morgan fingerprint density at radius 2 is 1.67 bits per heavy atom. The van der Waals surface area contributed by atoms with Crippen LogP contribution in [0.1, 0.15) is 15.9 Å². The first kappa shape index (κ1) is 14.9. The molecule has 6 heteroatoms. The molecule has 2 aromatic carbocycles. The summed E-state index contributed by atoms with van der Waals surface area (Å²) in [6, 6.07) is 8.68. The Labute approximate surface area is 118 Å². The van der Waals surface area contributed by atoms with Crippen molar-refractivity contribution in [3.8, 4) is 16.9 Å². The molecule has 2 aromatic rings. The lowest BCUT2D eigenvalue weighted by Crippen LogP contribution is -2.04. The van der Waals surface area contributed by atoms with Gasteiger partial charge in [0.2, 0.25) is 0 Å². The minimum absolute atomic E-state index is 0.207. The molecular weight excluding hydrogens is 285 g/mol. The minimum atomic E-state index is -4.54. The number of carbonyl (C=O) groups is 1. The molecule has 0 unspecified atom stereocenters. The first-order chi connectivity index (χ1) is 9.81. The maximum absolute atomic E-state index is 12.7. The Bertz CT molecular complexity index is 661. The fourth-order valence-corrected chi connectivity index (χ4v) is 1.86. The third kappa shape index (κ3) is 3.34. The fourth-order valence-electron chi connectivity index (χ4n) is 1.86. The second-order valence-corrected chi connectivity index (χ2v) is 4.34. The zero-order valence-corrected chi connectivity index (χ0v) is 10.9. The number of benzene rings is 2. The molecule has 0 aliphatic carbocycles. The van der Waals surface area contributed by atoms with Crippen molar-refractivity contribution in [1.29, 1.82) is 0 Å². The first-order valence-electron chi connectivity index (χ1n) is 5.91. The van der Waals surface area contributed by atoms with Gasteiger partial charge in [0.25, 0.3) is 0 Å². The van der Waals surface area contributed by atoms with Gasteiger partial charge in [-0.3, -0.25) is 0 Å². The molecule has 0 aliphatic rings. The number of rotatable bonds is 2. The predicted octanol–water partition coefficient (Wildman–Crippen LogP) is 3.86. The monoisotopic (exact) mass is 296 g/mol. The van der Waals surface area contributed by atoms with E-state index in [1.807, 2.05) is 0 Å². The summed E-state index contributed by atoms with van der Waals surface area (Å²) in [7, 11) is 1.24. The lowest BCUT2D eigenvalue weighted by molar-refractivity contribution is -0.137. The van der Waals surface area contributed by atoms with Gasteiger partial charge in [-0.15, -0.1) is 0 Å². The van der Waals surface area contributed by atoms with Crippen LogP contribution in [-0.4, -0.2) is 18.2 Å². The normalized spacial score (nSPS) is 11.2. The van der Waals surface area contributed by atoms with Crippen LogP contribution in [0.15, 0.2) is 42.5 Å². The summed E-state index contributed by atoms with van der Waals surface area (Å²) in [6.07, 6.45) is -4.54. The van der Waals surface area contributed by atoms with Gasteiger partial charge in [-0.2, -0.15) is 13.2 Å². The Kier molecular flexibility index (Phi) is 3.88. The van der Waals surface area contributed by atoms with Crippen LogP contribution in [0.5, 0.6) is 5.75 Å². The van der Waals surface area contributed by atoms with E-state index in [0.29, 0.717) is 11.6 Å². The van der Waals surface area contributed by atoms with Gasteiger partial charge in [-0.05, 0) is 41.5 Å². The van der Waals surface area contributed by atoms with E-state index in [1.165, 1.54) is 37.4 Å². The number of esters is 1. The Hall–Kier alpha value is -2.50. The van der Waals surface area contributed by atoms with Crippen LogP contribution in [-0.2, 0) is 10.9 Å². The molecule has 0 amide bonds. The van der Waals surface area contributed by atoms with E-state index in [-0.39, 0.29) is 11.1 Å². The molecule has 0 radical (unpaired) electrons. The summed E-state index contributed by atoms with van der Waals surface area (Å²) in [6.45, 7) is 0. The Morgan fingerprint density at radius 1 is 1.05 bits per heavy atom. The highest BCUT2D eigenvalue weighted by atomic mass is 19.4. The van der Waals surface area contributed by atoms with E-state index in [4.69, 9.17) is 0 Å². The van der Waals surface area contributed by atoms with Crippen LogP contribution in [0.4, 0.5) is 13.2 Å². The third-order valence-electron chi connectivity index (χ3n) is 2.88. The number of carbonyl (C=O) groups excluding carboxylic acids is 1. The Morgan fingerprint density at radius 3 is 2.19 bits per heavy atom. The summed E-state index contributed by atoms with van der Waals surface area (Å²) in [5.41, 5.74) is 0.00906. The number of methoxy groups -OCH3 is 1. The number of hydrogen-bond donors (Lipinski definition) is 1. The molecule has 0 aromatic heterocycles. The van der Waals surface area contributed by atoms with Gasteiger partial charge in [-0.25, -0.2) is 4.79 Å². The smallest absolute Gasteiger partial charge is 0.416 e. The van der Waals surface area contributed by atoms with Crippen molar-refractivity contribution < 1.29 is 27.8 Å². The van der Waals surface area contributed by atoms with Crippen LogP contribution in [0.3, 0.4) is 0 Å². The molecule has 0 saturated heterocycles. The second kappa shape index (κ2) is 5.47. The van der Waals surface area contributed by atoms with Gasteiger partial charge in [0.05, 0.1) is 18.2 Å². The summed E-state index contributed by atoms with van der Waals surface area (Å²) < 4.78 is 42.7. The van der Waals surface area contributed by atoms with Gasteiger partial charge in [0.15, 0.2) is 0 Å². The molecule has 0 fully saturated rings. The maximum atomic E-state index is 12.7. The van der Waals surface area contributed by atoms with Crippen molar-refractivity contribution in [3.63, 3.8) is 0 Å². The Balaban J connectivity index is 2.42. The van der Waals surface area contributed by atoms with Crippen LogP contribution in [0, 0.1) is 0 Å². The number of halogens is 3. The van der Waals surface area contributed by atoms with E-state index in [9.17, 15) is 23.1 Å². The topological polar surface area (TPSA) is 46.5 Å². The van der Waals surface area contributed by atoms with Crippen molar-refractivity contribution >= 4 is 5.97 Å². The third-order valence-corrected chi connectivity index (χ3v) is 2.88. The maximum Gasteiger partial charge on any atom is 0.416 e. The van der Waals surface area contributed by atoms with Gasteiger partial charge in [-0.1, -0.05) is 12.1 Å². The first-order valence-corrected chi connectivity index (χ1v) is 5.91. The van der Waals surface area contributed by atoms with E-state index in [1.54, 1.807) is 0 Å². The molecule has 0 heterocycles. The zero-order chi connectivity index (χ0) is 15.6. The van der Waals surface area contributed by atoms with Gasteiger partial charge in [0, 0.05) is 0 Å². The summed E-state index contributed by atoms with van der Waals surface area (Å²) in [5, 5.41) is 9.43. The average molecular weight is 296 g/mol. The average Bonchev–Trinajstić information content (AvgIpc) is 2.45. The highest BCUT2D eigenvalue weighted by molar-refractivity contribution is 5.90. The predicted molar refractivity (Wildman–Crippen MR) is 69.9 cm³/mol. The zero-order valence-electron chi connectivity index (χ0n) is 10.9. The molecular formula is C15H11F3O3. The van der Waals surface area contributed by atoms with Crippen molar-refractivity contribution in [1.82, 2.24) is 0 Å². The highest BCUT2D eigenvalue weighted by Crippen LogP contribution is 2.35. The van der Waals surface area contributed by atoms with Gasteiger partial charge < -0.3 is 9.84 Å². The van der Waals surface area contributed by atoms with E-state index in [0.717, 1.165) is 6.07 Å². The van der Waals surface area contributed by atoms with Crippen molar-refractivity contribution in [2.45, 2.75) is 6.18 Å². The molecule has 0 spiro atoms. The quantitative estimate of drug-likeness (QED) is 0.856. The molecule has 110 valence electrons. The summed E-state index contributed by atoms with van der Waals surface area (Å²) >= 11 is 0. The van der Waals surface area contributed by atoms with E-state index in [2.05, 4.69) is 4.74 Å². The summed E-state index contributed by atoms with van der Waals surface area (Å²) in [4.78, 5) is 11.3. The fraction of sp³-hybridized carbons (Fsp3) is 0.133. The van der Waals surface area contributed by atoms with Crippen molar-refractivity contribution in [2.24, 2.45) is 0 Å². The van der Waals surface area contributed by atoms with Crippen LogP contribution >= 0.6 is 0 Å².